The molecule has 200 valence electrons. The fourth-order valence-corrected chi connectivity index (χ4v) is 5.08. The average Bonchev–Trinajstić information content (AvgIpc) is 3.48. The van der Waals surface area contributed by atoms with Gasteiger partial charge in [-0.05, 0) is 72.4 Å². The molecule has 0 amide bonds. The summed E-state index contributed by atoms with van der Waals surface area (Å²) in [6.07, 6.45) is 0.632. The zero-order valence-corrected chi connectivity index (χ0v) is 22.1. The van der Waals surface area contributed by atoms with Crippen molar-refractivity contribution in [3.8, 4) is 11.1 Å². The van der Waals surface area contributed by atoms with Crippen molar-refractivity contribution in [2.75, 3.05) is 5.01 Å². The van der Waals surface area contributed by atoms with Crippen LogP contribution in [-0.2, 0) is 17.8 Å². The van der Waals surface area contributed by atoms with Gasteiger partial charge in [0, 0.05) is 17.5 Å². The SMILES string of the molecule is Cc1cc(C2=NN(c3ccc(Cc4ccc(-c5cc(CO)ccc5F)cc4C)cc3)[C@@H](CC(=O)O)[C@@H]2C)no1. The van der Waals surface area contributed by atoms with Crippen molar-refractivity contribution in [2.24, 2.45) is 11.0 Å². The highest BCUT2D eigenvalue weighted by molar-refractivity contribution is 6.03. The number of aromatic nitrogens is 1. The number of aliphatic hydroxyl groups excluding tert-OH is 1. The van der Waals surface area contributed by atoms with E-state index < -0.39 is 5.97 Å². The number of anilines is 1. The van der Waals surface area contributed by atoms with Gasteiger partial charge in [-0.1, -0.05) is 48.5 Å². The van der Waals surface area contributed by atoms with Crippen molar-refractivity contribution in [2.45, 2.75) is 46.3 Å². The number of aliphatic hydroxyl groups is 1. The van der Waals surface area contributed by atoms with Gasteiger partial charge >= 0.3 is 5.97 Å². The summed E-state index contributed by atoms with van der Waals surface area (Å²) >= 11 is 0. The van der Waals surface area contributed by atoms with Crippen molar-refractivity contribution in [1.29, 1.82) is 0 Å². The van der Waals surface area contributed by atoms with Crippen LogP contribution in [0, 0.1) is 25.6 Å². The summed E-state index contributed by atoms with van der Waals surface area (Å²) < 4.78 is 19.7. The number of benzene rings is 3. The van der Waals surface area contributed by atoms with Gasteiger partial charge in [0.1, 0.15) is 17.3 Å². The van der Waals surface area contributed by atoms with Crippen LogP contribution in [0.2, 0.25) is 0 Å². The van der Waals surface area contributed by atoms with Crippen molar-refractivity contribution < 1.29 is 23.9 Å². The molecule has 8 heteroatoms. The Morgan fingerprint density at radius 2 is 1.77 bits per heavy atom. The molecule has 0 saturated carbocycles. The van der Waals surface area contributed by atoms with Crippen LogP contribution in [0.15, 0.2) is 76.4 Å². The number of hydrogen-bond donors (Lipinski definition) is 2. The predicted molar refractivity (Wildman–Crippen MR) is 147 cm³/mol. The Labute approximate surface area is 226 Å². The Kier molecular flexibility index (Phi) is 7.30. The monoisotopic (exact) mass is 527 g/mol. The molecule has 2 atom stereocenters. The summed E-state index contributed by atoms with van der Waals surface area (Å²) in [5.74, 6) is -0.681. The Morgan fingerprint density at radius 1 is 1.03 bits per heavy atom. The first-order valence-electron chi connectivity index (χ1n) is 12.8. The molecule has 1 aliphatic rings. The third-order valence-corrected chi connectivity index (χ3v) is 7.27. The van der Waals surface area contributed by atoms with Crippen LogP contribution in [0.4, 0.5) is 10.1 Å². The highest BCUT2D eigenvalue weighted by Gasteiger charge is 2.38. The minimum absolute atomic E-state index is 0.0555. The summed E-state index contributed by atoms with van der Waals surface area (Å²) in [5.41, 5.74) is 7.27. The summed E-state index contributed by atoms with van der Waals surface area (Å²) in [6.45, 7) is 5.64. The number of carboxylic acids is 1. The molecule has 0 spiro atoms. The Hall–Kier alpha value is -4.30. The lowest BCUT2D eigenvalue weighted by atomic mass is 9.93. The molecule has 1 aliphatic heterocycles. The van der Waals surface area contributed by atoms with Crippen LogP contribution in [0.1, 0.15) is 47.1 Å². The first kappa shape index (κ1) is 26.3. The van der Waals surface area contributed by atoms with E-state index in [1.54, 1.807) is 17.1 Å². The predicted octanol–water partition coefficient (Wildman–Crippen LogP) is 5.88. The molecule has 39 heavy (non-hydrogen) atoms. The molecular formula is C31H30FN3O4. The normalized spacial score (nSPS) is 16.9. The lowest BCUT2D eigenvalue weighted by molar-refractivity contribution is -0.137. The maximum Gasteiger partial charge on any atom is 0.305 e. The largest absolute Gasteiger partial charge is 0.481 e. The van der Waals surface area contributed by atoms with Gasteiger partial charge in [0.15, 0.2) is 0 Å². The molecule has 2 heterocycles. The molecule has 2 N–H and O–H groups in total. The van der Waals surface area contributed by atoms with Crippen molar-refractivity contribution >= 4 is 17.4 Å². The van der Waals surface area contributed by atoms with Crippen LogP contribution in [-0.4, -0.2) is 33.1 Å². The van der Waals surface area contributed by atoms with E-state index >= 15 is 0 Å². The molecule has 7 nitrogen and oxygen atoms in total. The number of hydrogen-bond acceptors (Lipinski definition) is 6. The van der Waals surface area contributed by atoms with Gasteiger partial charge < -0.3 is 14.7 Å². The lowest BCUT2D eigenvalue weighted by Crippen LogP contribution is -2.34. The van der Waals surface area contributed by atoms with E-state index in [0.29, 0.717) is 34.7 Å². The smallest absolute Gasteiger partial charge is 0.305 e. The minimum atomic E-state index is -0.886. The maximum atomic E-state index is 14.4. The van der Waals surface area contributed by atoms with Gasteiger partial charge in [-0.25, -0.2) is 4.39 Å². The molecule has 0 aliphatic carbocycles. The second-order valence-electron chi connectivity index (χ2n) is 10.1. The van der Waals surface area contributed by atoms with Gasteiger partial charge in [0.25, 0.3) is 0 Å². The quantitative estimate of drug-likeness (QED) is 0.297. The van der Waals surface area contributed by atoms with Crippen LogP contribution < -0.4 is 5.01 Å². The fraction of sp³-hybridized carbons (Fsp3) is 0.258. The number of halogens is 1. The zero-order valence-electron chi connectivity index (χ0n) is 22.1. The van der Waals surface area contributed by atoms with E-state index in [1.165, 1.54) is 6.07 Å². The van der Waals surface area contributed by atoms with E-state index in [0.717, 1.165) is 27.9 Å². The van der Waals surface area contributed by atoms with E-state index in [-0.39, 0.29) is 30.8 Å². The van der Waals surface area contributed by atoms with E-state index in [1.807, 2.05) is 69.3 Å². The number of rotatable bonds is 8. The molecule has 0 bridgehead atoms. The standard InChI is InChI=1S/C31H30FN3O4/c1-18-12-24(26-15-22(17-36)6-11-27(26)32)8-7-23(18)14-21-4-9-25(10-5-21)35-29(16-30(37)38)20(3)31(33-35)28-13-19(2)39-34-28/h4-13,15,20,29,36H,14,16-17H2,1-3H3,(H,37,38)/t20-,29-/m0/s1. The third-order valence-electron chi connectivity index (χ3n) is 7.27. The molecule has 0 fully saturated rings. The number of carboxylic acid groups (broad SMARTS) is 1. The zero-order chi connectivity index (χ0) is 27.7. The van der Waals surface area contributed by atoms with Crippen LogP contribution in [0.5, 0.6) is 0 Å². The van der Waals surface area contributed by atoms with Gasteiger partial charge in [0.05, 0.1) is 30.5 Å². The van der Waals surface area contributed by atoms with E-state index in [4.69, 9.17) is 9.62 Å². The average molecular weight is 528 g/mol. The highest BCUT2D eigenvalue weighted by atomic mass is 19.1. The Bertz CT molecular complexity index is 1540. The van der Waals surface area contributed by atoms with Crippen molar-refractivity contribution in [1.82, 2.24) is 5.16 Å². The second kappa shape index (κ2) is 10.8. The number of aliphatic carboxylic acids is 1. The number of nitrogens with zero attached hydrogens (tertiary/aromatic N) is 3. The number of hydrazone groups is 1. The number of aryl methyl sites for hydroxylation is 2. The summed E-state index contributed by atoms with van der Waals surface area (Å²) in [4.78, 5) is 11.6. The van der Waals surface area contributed by atoms with Crippen LogP contribution >= 0.6 is 0 Å². The molecule has 0 saturated heterocycles. The summed E-state index contributed by atoms with van der Waals surface area (Å²) in [5, 5.41) is 29.6. The molecular weight excluding hydrogens is 497 g/mol. The van der Waals surface area contributed by atoms with Crippen LogP contribution in [0.3, 0.4) is 0 Å². The Morgan fingerprint density at radius 3 is 2.41 bits per heavy atom. The Balaban J connectivity index is 1.37. The van der Waals surface area contributed by atoms with Crippen LogP contribution in [0.25, 0.3) is 11.1 Å². The maximum absolute atomic E-state index is 14.4. The molecule has 0 radical (unpaired) electrons. The van der Waals surface area contributed by atoms with Crippen molar-refractivity contribution in [3.63, 3.8) is 0 Å². The van der Waals surface area contributed by atoms with Gasteiger partial charge in [-0.3, -0.25) is 9.80 Å². The van der Waals surface area contributed by atoms with E-state index in [9.17, 15) is 19.4 Å². The highest BCUT2D eigenvalue weighted by Crippen LogP contribution is 2.33. The molecule has 5 rings (SSSR count). The number of carbonyl (C=O) groups is 1. The second-order valence-corrected chi connectivity index (χ2v) is 10.1. The van der Waals surface area contributed by atoms with Crippen molar-refractivity contribution in [3.05, 3.63) is 106 Å². The van der Waals surface area contributed by atoms with Gasteiger partial charge in [0.2, 0.25) is 0 Å². The minimum Gasteiger partial charge on any atom is -0.481 e. The third kappa shape index (κ3) is 5.47. The summed E-state index contributed by atoms with van der Waals surface area (Å²) in [6, 6.07) is 19.9. The molecule has 0 unspecified atom stereocenters. The van der Waals surface area contributed by atoms with Gasteiger partial charge in [-0.2, -0.15) is 5.10 Å². The first-order valence-corrected chi connectivity index (χ1v) is 12.8. The van der Waals surface area contributed by atoms with Gasteiger partial charge in [-0.15, -0.1) is 0 Å². The molecule has 4 aromatic rings. The topological polar surface area (TPSA) is 99.2 Å². The lowest BCUT2D eigenvalue weighted by Gasteiger charge is -2.25. The summed E-state index contributed by atoms with van der Waals surface area (Å²) in [7, 11) is 0. The molecule has 3 aromatic carbocycles. The molecule has 1 aromatic heterocycles. The first-order chi connectivity index (χ1) is 18.7. The van der Waals surface area contributed by atoms with E-state index in [2.05, 4.69) is 5.16 Å². The fourth-order valence-electron chi connectivity index (χ4n) is 5.08.